The average Bonchev–Trinajstić information content (AvgIpc) is 2.74. The first-order chi connectivity index (χ1) is 13.6. The number of fused-ring (bicyclic) bond motifs is 1. The van der Waals surface area contributed by atoms with Crippen LogP contribution in [0.5, 0.6) is 0 Å². The van der Waals surface area contributed by atoms with Crippen LogP contribution in [0.2, 0.25) is 0 Å². The van der Waals surface area contributed by atoms with Crippen LogP contribution in [0.4, 0.5) is 5.69 Å². The molecule has 0 radical (unpaired) electrons. The molecule has 1 heterocycles. The number of rotatable bonds is 6. The Labute approximate surface area is 166 Å². The van der Waals surface area contributed by atoms with E-state index in [0.717, 1.165) is 42.6 Å². The summed E-state index contributed by atoms with van der Waals surface area (Å²) in [7, 11) is -3.52. The summed E-state index contributed by atoms with van der Waals surface area (Å²) in [5.41, 5.74) is 2.29. The van der Waals surface area contributed by atoms with Gasteiger partial charge in [0.1, 0.15) is 0 Å². The third kappa shape index (κ3) is 4.35. The zero-order valence-electron chi connectivity index (χ0n) is 15.7. The van der Waals surface area contributed by atoms with E-state index >= 15 is 0 Å². The number of benzene rings is 3. The van der Waals surface area contributed by atoms with Crippen LogP contribution in [-0.2, 0) is 21.2 Å². The minimum Gasteiger partial charge on any atom is -0.378 e. The molecule has 0 unspecified atom stereocenters. The predicted octanol–water partition coefficient (Wildman–Crippen LogP) is 3.20. The van der Waals surface area contributed by atoms with Crippen molar-refractivity contribution in [1.29, 1.82) is 0 Å². The van der Waals surface area contributed by atoms with Crippen molar-refractivity contribution in [1.82, 2.24) is 4.72 Å². The summed E-state index contributed by atoms with van der Waals surface area (Å²) < 4.78 is 33.3. The Morgan fingerprint density at radius 3 is 2.36 bits per heavy atom. The van der Waals surface area contributed by atoms with Gasteiger partial charge in [0.2, 0.25) is 10.0 Å². The Balaban J connectivity index is 1.36. The van der Waals surface area contributed by atoms with Crippen molar-refractivity contribution in [2.75, 3.05) is 37.7 Å². The van der Waals surface area contributed by atoms with E-state index in [0.29, 0.717) is 17.9 Å². The maximum absolute atomic E-state index is 12.6. The Morgan fingerprint density at radius 2 is 1.61 bits per heavy atom. The first kappa shape index (κ1) is 18.9. The number of nitrogens with zero attached hydrogens (tertiary/aromatic N) is 1. The first-order valence-corrected chi connectivity index (χ1v) is 11.0. The molecule has 0 spiro atoms. The van der Waals surface area contributed by atoms with Crippen LogP contribution < -0.4 is 9.62 Å². The number of morpholine rings is 1. The first-order valence-electron chi connectivity index (χ1n) is 9.52. The van der Waals surface area contributed by atoms with Crippen LogP contribution >= 0.6 is 0 Å². The molecule has 1 aliphatic rings. The smallest absolute Gasteiger partial charge is 0.240 e. The molecule has 1 aliphatic heterocycles. The molecule has 5 nitrogen and oxygen atoms in total. The zero-order valence-corrected chi connectivity index (χ0v) is 16.5. The Morgan fingerprint density at radius 1 is 0.893 bits per heavy atom. The third-order valence-corrected chi connectivity index (χ3v) is 6.51. The summed E-state index contributed by atoms with van der Waals surface area (Å²) >= 11 is 0. The lowest BCUT2D eigenvalue weighted by Gasteiger charge is -2.28. The Kier molecular flexibility index (Phi) is 5.62. The molecule has 1 saturated heterocycles. The summed E-state index contributed by atoms with van der Waals surface area (Å²) in [6, 6.07) is 21.3. The highest BCUT2D eigenvalue weighted by molar-refractivity contribution is 7.89. The van der Waals surface area contributed by atoms with Gasteiger partial charge in [0, 0.05) is 25.3 Å². The maximum Gasteiger partial charge on any atom is 0.240 e. The molecule has 4 rings (SSSR count). The third-order valence-electron chi connectivity index (χ3n) is 5.05. The van der Waals surface area contributed by atoms with Crippen molar-refractivity contribution in [3.63, 3.8) is 0 Å². The van der Waals surface area contributed by atoms with Crippen LogP contribution in [0, 0.1) is 0 Å². The van der Waals surface area contributed by atoms with Gasteiger partial charge >= 0.3 is 0 Å². The highest BCUT2D eigenvalue weighted by atomic mass is 32.2. The van der Waals surface area contributed by atoms with Gasteiger partial charge in [-0.1, -0.05) is 42.5 Å². The summed E-state index contributed by atoms with van der Waals surface area (Å²) in [6.45, 7) is 3.71. The lowest BCUT2D eigenvalue weighted by molar-refractivity contribution is 0.122. The van der Waals surface area contributed by atoms with E-state index in [2.05, 4.69) is 33.9 Å². The van der Waals surface area contributed by atoms with E-state index in [1.165, 1.54) is 5.69 Å². The number of hydrogen-bond acceptors (Lipinski definition) is 4. The molecular weight excluding hydrogens is 372 g/mol. The number of anilines is 1. The molecule has 146 valence electrons. The number of nitrogens with one attached hydrogen (secondary N) is 1. The minimum atomic E-state index is -3.52. The molecule has 0 bridgehead atoms. The lowest BCUT2D eigenvalue weighted by atomic mass is 10.1. The van der Waals surface area contributed by atoms with Crippen LogP contribution in [0.3, 0.4) is 0 Å². The van der Waals surface area contributed by atoms with Crippen molar-refractivity contribution in [3.05, 3.63) is 72.3 Å². The van der Waals surface area contributed by atoms with Crippen molar-refractivity contribution in [2.45, 2.75) is 11.3 Å². The summed E-state index contributed by atoms with van der Waals surface area (Å²) in [4.78, 5) is 2.60. The molecule has 0 amide bonds. The molecule has 3 aromatic carbocycles. The van der Waals surface area contributed by atoms with Gasteiger partial charge in [-0.15, -0.1) is 0 Å². The number of sulfonamides is 1. The summed E-state index contributed by atoms with van der Waals surface area (Å²) in [5, 5.41) is 1.95. The molecule has 1 fully saturated rings. The van der Waals surface area contributed by atoms with Crippen molar-refractivity contribution >= 4 is 26.5 Å². The lowest BCUT2D eigenvalue weighted by Crippen LogP contribution is -2.36. The van der Waals surface area contributed by atoms with Gasteiger partial charge in [0.15, 0.2) is 0 Å². The molecule has 6 heteroatoms. The average molecular weight is 397 g/mol. The van der Waals surface area contributed by atoms with Gasteiger partial charge in [-0.05, 0) is 47.0 Å². The van der Waals surface area contributed by atoms with Crippen molar-refractivity contribution in [2.24, 2.45) is 0 Å². The van der Waals surface area contributed by atoms with Gasteiger partial charge in [-0.2, -0.15) is 0 Å². The topological polar surface area (TPSA) is 58.6 Å². The van der Waals surface area contributed by atoms with Crippen LogP contribution in [0.25, 0.3) is 10.8 Å². The molecule has 3 aromatic rings. The second-order valence-corrected chi connectivity index (χ2v) is 8.69. The van der Waals surface area contributed by atoms with E-state index in [9.17, 15) is 8.42 Å². The van der Waals surface area contributed by atoms with Crippen LogP contribution in [-0.4, -0.2) is 41.3 Å². The summed E-state index contributed by atoms with van der Waals surface area (Å²) in [5.74, 6) is 0. The second kappa shape index (κ2) is 8.31. The van der Waals surface area contributed by atoms with Crippen LogP contribution in [0.15, 0.2) is 71.6 Å². The van der Waals surface area contributed by atoms with E-state index in [1.54, 1.807) is 12.1 Å². The van der Waals surface area contributed by atoms with E-state index in [1.807, 2.05) is 30.3 Å². The van der Waals surface area contributed by atoms with E-state index in [-0.39, 0.29) is 0 Å². The standard InChI is InChI=1S/C22H24N2O3S/c25-28(26,22-10-7-19-3-1-2-4-20(19)17-22)23-12-11-18-5-8-21(9-6-18)24-13-15-27-16-14-24/h1-10,17,23H,11-16H2. The van der Waals surface area contributed by atoms with E-state index in [4.69, 9.17) is 4.74 Å². The van der Waals surface area contributed by atoms with E-state index < -0.39 is 10.0 Å². The largest absolute Gasteiger partial charge is 0.378 e. The quantitative estimate of drug-likeness (QED) is 0.695. The SMILES string of the molecule is O=S(=O)(NCCc1ccc(N2CCOCC2)cc1)c1ccc2ccccc2c1. The zero-order chi connectivity index (χ0) is 19.4. The molecule has 0 aliphatic carbocycles. The number of ether oxygens (including phenoxy) is 1. The monoisotopic (exact) mass is 396 g/mol. The molecule has 0 aromatic heterocycles. The maximum atomic E-state index is 12.6. The fourth-order valence-electron chi connectivity index (χ4n) is 3.44. The van der Waals surface area contributed by atoms with Gasteiger partial charge in [0.25, 0.3) is 0 Å². The Bertz CT molecular complexity index is 1040. The van der Waals surface area contributed by atoms with Gasteiger partial charge in [0.05, 0.1) is 18.1 Å². The summed E-state index contributed by atoms with van der Waals surface area (Å²) in [6.07, 6.45) is 0.649. The second-order valence-electron chi connectivity index (χ2n) is 6.92. The molecule has 1 N–H and O–H groups in total. The van der Waals surface area contributed by atoms with Crippen molar-refractivity contribution < 1.29 is 13.2 Å². The van der Waals surface area contributed by atoms with Gasteiger partial charge in [-0.3, -0.25) is 0 Å². The molecular formula is C22H24N2O3S. The molecule has 0 saturated carbocycles. The van der Waals surface area contributed by atoms with Crippen LogP contribution in [0.1, 0.15) is 5.56 Å². The van der Waals surface area contributed by atoms with Crippen molar-refractivity contribution in [3.8, 4) is 0 Å². The van der Waals surface area contributed by atoms with Gasteiger partial charge in [-0.25, -0.2) is 13.1 Å². The highest BCUT2D eigenvalue weighted by Crippen LogP contribution is 2.19. The fraction of sp³-hybridized carbons (Fsp3) is 0.273. The molecule has 28 heavy (non-hydrogen) atoms. The normalized spacial score (nSPS) is 15.1. The number of hydrogen-bond donors (Lipinski definition) is 1. The minimum absolute atomic E-state index is 0.300. The fourth-order valence-corrected chi connectivity index (χ4v) is 4.51. The van der Waals surface area contributed by atoms with Gasteiger partial charge < -0.3 is 9.64 Å². The predicted molar refractivity (Wildman–Crippen MR) is 112 cm³/mol. The molecule has 0 atom stereocenters. The Hall–Kier alpha value is -2.41. The highest BCUT2D eigenvalue weighted by Gasteiger charge is 2.14.